The first-order valence-electron chi connectivity index (χ1n) is 8.13. The second-order valence-electron chi connectivity index (χ2n) is 6.09. The molecule has 1 heterocycles. The van der Waals surface area contributed by atoms with Crippen LogP contribution < -0.4 is 16.0 Å². The average Bonchev–Trinajstić information content (AvgIpc) is 2.55. The van der Waals surface area contributed by atoms with Crippen LogP contribution in [0.15, 0.2) is 24.3 Å². The van der Waals surface area contributed by atoms with Crippen LogP contribution in [0.3, 0.4) is 0 Å². The maximum atomic E-state index is 11.8. The standard InChI is InChI=1S/C17H24N4O3/c18-17(19)13-1-3-14(4-2-13)21-9-6-12(7-10-21)11-15(22)20-8-5-16(23)24/h1-4,12H,5-11H2,(H3,18,19)(H,20,22)(H,23,24). The maximum Gasteiger partial charge on any atom is 0.305 e. The van der Waals surface area contributed by atoms with Gasteiger partial charge in [-0.1, -0.05) is 0 Å². The molecule has 0 aliphatic carbocycles. The molecule has 1 fully saturated rings. The van der Waals surface area contributed by atoms with Gasteiger partial charge in [-0.3, -0.25) is 15.0 Å². The summed E-state index contributed by atoms with van der Waals surface area (Å²) >= 11 is 0. The number of nitrogens with two attached hydrogens (primary N) is 1. The van der Waals surface area contributed by atoms with Crippen LogP contribution in [0.1, 0.15) is 31.2 Å². The highest BCUT2D eigenvalue weighted by atomic mass is 16.4. The lowest BCUT2D eigenvalue weighted by molar-refractivity contribution is -0.136. The van der Waals surface area contributed by atoms with Gasteiger partial charge in [0, 0.05) is 37.3 Å². The number of rotatable bonds is 7. The molecule has 7 heteroatoms. The predicted octanol–water partition coefficient (Wildman–Crippen LogP) is 1.17. The van der Waals surface area contributed by atoms with Gasteiger partial charge in [0.25, 0.3) is 0 Å². The number of carboxylic acid groups (broad SMARTS) is 1. The van der Waals surface area contributed by atoms with Crippen LogP contribution in [0.4, 0.5) is 5.69 Å². The van der Waals surface area contributed by atoms with Gasteiger partial charge in [0.1, 0.15) is 5.84 Å². The molecule has 0 spiro atoms. The molecule has 1 aromatic carbocycles. The molecule has 2 rings (SSSR count). The van der Waals surface area contributed by atoms with Crippen molar-refractivity contribution in [3.05, 3.63) is 29.8 Å². The summed E-state index contributed by atoms with van der Waals surface area (Å²) in [6, 6.07) is 7.63. The second-order valence-corrected chi connectivity index (χ2v) is 6.09. The number of carboxylic acids is 1. The molecular formula is C17H24N4O3. The van der Waals surface area contributed by atoms with Gasteiger partial charge in [0.15, 0.2) is 0 Å². The summed E-state index contributed by atoms with van der Waals surface area (Å²) in [4.78, 5) is 24.5. The van der Waals surface area contributed by atoms with Crippen molar-refractivity contribution in [2.75, 3.05) is 24.5 Å². The number of amides is 1. The number of carbonyl (C=O) groups is 2. The third kappa shape index (κ3) is 5.26. The third-order valence-electron chi connectivity index (χ3n) is 4.29. The summed E-state index contributed by atoms with van der Waals surface area (Å²) in [6.07, 6.45) is 2.28. The topological polar surface area (TPSA) is 120 Å². The van der Waals surface area contributed by atoms with Crippen LogP contribution in [0.5, 0.6) is 0 Å². The van der Waals surface area contributed by atoms with Crippen molar-refractivity contribution in [2.45, 2.75) is 25.7 Å². The fraction of sp³-hybridized carbons (Fsp3) is 0.471. The summed E-state index contributed by atoms with van der Waals surface area (Å²) in [5.74, 6) is -0.573. The molecular weight excluding hydrogens is 308 g/mol. The first kappa shape index (κ1) is 17.8. The molecule has 7 nitrogen and oxygen atoms in total. The van der Waals surface area contributed by atoms with Crippen molar-refractivity contribution in [1.29, 1.82) is 5.41 Å². The average molecular weight is 332 g/mol. The Balaban J connectivity index is 1.75. The number of hydrogen-bond acceptors (Lipinski definition) is 4. The number of aliphatic carboxylic acids is 1. The van der Waals surface area contributed by atoms with E-state index in [1.54, 1.807) is 0 Å². The monoisotopic (exact) mass is 332 g/mol. The molecule has 1 aliphatic rings. The molecule has 0 atom stereocenters. The number of piperidine rings is 1. The van der Waals surface area contributed by atoms with Crippen molar-refractivity contribution in [2.24, 2.45) is 11.7 Å². The molecule has 0 saturated carbocycles. The lowest BCUT2D eigenvalue weighted by Gasteiger charge is -2.33. The SMILES string of the molecule is N=C(N)c1ccc(N2CCC(CC(=O)NCCC(=O)O)CC2)cc1. The van der Waals surface area contributed by atoms with Crippen molar-refractivity contribution in [3.8, 4) is 0 Å². The largest absolute Gasteiger partial charge is 0.481 e. The Bertz CT molecular complexity index is 592. The molecule has 1 aromatic rings. The number of nitrogens with zero attached hydrogens (tertiary/aromatic N) is 1. The van der Waals surface area contributed by atoms with Gasteiger partial charge in [-0.05, 0) is 43.0 Å². The van der Waals surface area contributed by atoms with Gasteiger partial charge in [0.05, 0.1) is 6.42 Å². The lowest BCUT2D eigenvalue weighted by Crippen LogP contribution is -2.36. The van der Waals surface area contributed by atoms with E-state index < -0.39 is 5.97 Å². The first-order chi connectivity index (χ1) is 11.5. The van der Waals surface area contributed by atoms with E-state index in [9.17, 15) is 9.59 Å². The Hall–Kier alpha value is -2.57. The minimum absolute atomic E-state index is 0.0412. The molecule has 1 amide bonds. The highest BCUT2D eigenvalue weighted by molar-refractivity contribution is 5.95. The highest BCUT2D eigenvalue weighted by Gasteiger charge is 2.21. The molecule has 0 bridgehead atoms. The number of hydrogen-bond donors (Lipinski definition) is 4. The minimum atomic E-state index is -0.903. The van der Waals surface area contributed by atoms with E-state index in [0.717, 1.165) is 31.6 Å². The smallest absolute Gasteiger partial charge is 0.305 e. The van der Waals surface area contributed by atoms with Crippen LogP contribution in [0, 0.1) is 11.3 Å². The summed E-state index contributed by atoms with van der Waals surface area (Å²) < 4.78 is 0. The Morgan fingerprint density at radius 3 is 2.42 bits per heavy atom. The third-order valence-corrected chi connectivity index (χ3v) is 4.29. The number of nitrogens with one attached hydrogen (secondary N) is 2. The van der Waals surface area contributed by atoms with Crippen molar-refractivity contribution < 1.29 is 14.7 Å². The van der Waals surface area contributed by atoms with E-state index in [0.29, 0.717) is 17.9 Å². The fourth-order valence-electron chi connectivity index (χ4n) is 2.89. The zero-order chi connectivity index (χ0) is 17.5. The van der Waals surface area contributed by atoms with E-state index >= 15 is 0 Å². The van der Waals surface area contributed by atoms with Crippen molar-refractivity contribution in [1.82, 2.24) is 5.32 Å². The minimum Gasteiger partial charge on any atom is -0.481 e. The first-order valence-corrected chi connectivity index (χ1v) is 8.13. The summed E-state index contributed by atoms with van der Waals surface area (Å²) in [7, 11) is 0. The van der Waals surface area contributed by atoms with Crippen molar-refractivity contribution in [3.63, 3.8) is 0 Å². The van der Waals surface area contributed by atoms with Crippen molar-refractivity contribution >= 4 is 23.4 Å². The predicted molar refractivity (Wildman–Crippen MR) is 92.3 cm³/mol. The van der Waals surface area contributed by atoms with E-state index in [1.807, 2.05) is 24.3 Å². The number of nitrogen functional groups attached to an aromatic ring is 1. The van der Waals surface area contributed by atoms with E-state index in [1.165, 1.54) is 0 Å². The van der Waals surface area contributed by atoms with E-state index in [-0.39, 0.29) is 24.7 Å². The van der Waals surface area contributed by atoms with Crippen LogP contribution in [-0.2, 0) is 9.59 Å². The molecule has 130 valence electrons. The molecule has 0 unspecified atom stereocenters. The number of benzene rings is 1. The van der Waals surface area contributed by atoms with Gasteiger partial charge in [-0.25, -0.2) is 0 Å². The maximum absolute atomic E-state index is 11.8. The second kappa shape index (κ2) is 8.33. The van der Waals surface area contributed by atoms with Crippen LogP contribution in [0.25, 0.3) is 0 Å². The molecule has 1 aliphatic heterocycles. The zero-order valence-electron chi connectivity index (χ0n) is 13.6. The van der Waals surface area contributed by atoms with Gasteiger partial charge >= 0.3 is 5.97 Å². The van der Waals surface area contributed by atoms with Crippen LogP contribution in [0.2, 0.25) is 0 Å². The van der Waals surface area contributed by atoms with E-state index in [4.69, 9.17) is 16.2 Å². The van der Waals surface area contributed by atoms with Crippen LogP contribution in [-0.4, -0.2) is 42.5 Å². The van der Waals surface area contributed by atoms with Gasteiger partial charge in [-0.2, -0.15) is 0 Å². The van der Waals surface area contributed by atoms with Gasteiger partial charge in [-0.15, -0.1) is 0 Å². The number of carbonyl (C=O) groups excluding carboxylic acids is 1. The summed E-state index contributed by atoms with van der Waals surface area (Å²) in [5, 5.41) is 18.6. The molecule has 24 heavy (non-hydrogen) atoms. The van der Waals surface area contributed by atoms with Gasteiger partial charge < -0.3 is 21.1 Å². The fourth-order valence-corrected chi connectivity index (χ4v) is 2.89. The van der Waals surface area contributed by atoms with Crippen LogP contribution >= 0.6 is 0 Å². The summed E-state index contributed by atoms with van der Waals surface area (Å²) in [5.41, 5.74) is 7.27. The van der Waals surface area contributed by atoms with E-state index in [2.05, 4.69) is 10.2 Å². The molecule has 0 aromatic heterocycles. The number of amidine groups is 1. The van der Waals surface area contributed by atoms with Gasteiger partial charge in [0.2, 0.25) is 5.91 Å². The summed E-state index contributed by atoms with van der Waals surface area (Å²) in [6.45, 7) is 1.95. The Morgan fingerprint density at radius 1 is 1.25 bits per heavy atom. The zero-order valence-corrected chi connectivity index (χ0v) is 13.6. The molecule has 0 radical (unpaired) electrons. The Labute approximate surface area is 141 Å². The lowest BCUT2D eigenvalue weighted by atomic mass is 9.93. The Morgan fingerprint density at radius 2 is 1.88 bits per heavy atom. The normalized spacial score (nSPS) is 15.1. The highest BCUT2D eigenvalue weighted by Crippen LogP contribution is 2.25. The molecule has 5 N–H and O–H groups in total. The number of anilines is 1. The Kier molecular flexibility index (Phi) is 6.17. The molecule has 1 saturated heterocycles. The quantitative estimate of drug-likeness (QED) is 0.441.